The zero-order valence-electron chi connectivity index (χ0n) is 12.0. The maximum Gasteiger partial charge on any atom is 0.127 e. The maximum absolute atomic E-state index is 5.82. The first kappa shape index (κ1) is 12.7. The minimum atomic E-state index is 0.846. The largest absolute Gasteiger partial charge is 0.457 e. The van der Waals surface area contributed by atoms with Crippen molar-refractivity contribution in [3.05, 3.63) is 91.3 Å². The van der Waals surface area contributed by atoms with Gasteiger partial charge in [0.25, 0.3) is 0 Å². The van der Waals surface area contributed by atoms with E-state index in [0.717, 1.165) is 11.5 Å². The Bertz CT molecular complexity index is 859. The average Bonchev–Trinajstić information content (AvgIpc) is 3.00. The van der Waals surface area contributed by atoms with Crippen molar-refractivity contribution in [3.63, 3.8) is 0 Å². The van der Waals surface area contributed by atoms with Crippen molar-refractivity contribution in [1.29, 1.82) is 0 Å². The number of para-hydroxylation sites is 1. The number of rotatable bonds is 3. The summed E-state index contributed by atoms with van der Waals surface area (Å²) in [5.41, 5.74) is 3.59. The summed E-state index contributed by atoms with van der Waals surface area (Å²) in [6, 6.07) is 26.4. The molecule has 2 heteroatoms. The molecule has 2 aromatic heterocycles. The molecular weight excluding hydrogens is 270 g/mol. The zero-order valence-corrected chi connectivity index (χ0v) is 12.0. The molecule has 2 aromatic carbocycles. The lowest BCUT2D eigenvalue weighted by atomic mass is 10.1. The third-order valence-electron chi connectivity index (χ3n) is 3.67. The van der Waals surface area contributed by atoms with E-state index in [4.69, 9.17) is 4.74 Å². The van der Waals surface area contributed by atoms with Gasteiger partial charge in [-0.25, -0.2) is 0 Å². The van der Waals surface area contributed by atoms with Gasteiger partial charge in [0.05, 0.1) is 0 Å². The minimum absolute atomic E-state index is 0.846. The van der Waals surface area contributed by atoms with Gasteiger partial charge < -0.3 is 9.14 Å². The van der Waals surface area contributed by atoms with E-state index < -0.39 is 0 Å². The van der Waals surface area contributed by atoms with E-state index in [1.807, 2.05) is 48.5 Å². The van der Waals surface area contributed by atoms with E-state index in [2.05, 4.69) is 47.1 Å². The van der Waals surface area contributed by atoms with E-state index in [0.29, 0.717) is 0 Å². The van der Waals surface area contributed by atoms with Gasteiger partial charge in [-0.05, 0) is 48.0 Å². The van der Waals surface area contributed by atoms with Gasteiger partial charge in [0.2, 0.25) is 0 Å². The Hall–Kier alpha value is -3.00. The van der Waals surface area contributed by atoms with Gasteiger partial charge in [0.1, 0.15) is 11.5 Å². The van der Waals surface area contributed by atoms with Crippen LogP contribution in [0.1, 0.15) is 0 Å². The molecule has 4 rings (SSSR count). The summed E-state index contributed by atoms with van der Waals surface area (Å²) < 4.78 is 7.95. The van der Waals surface area contributed by atoms with Crippen LogP contribution in [0.2, 0.25) is 0 Å². The number of hydrogen-bond acceptors (Lipinski definition) is 1. The molecule has 0 saturated heterocycles. The fourth-order valence-electron chi connectivity index (χ4n) is 2.55. The monoisotopic (exact) mass is 285 g/mol. The molecule has 0 aliphatic carbocycles. The average molecular weight is 285 g/mol. The molecule has 106 valence electrons. The number of aromatic nitrogens is 1. The van der Waals surface area contributed by atoms with Gasteiger partial charge >= 0.3 is 0 Å². The van der Waals surface area contributed by atoms with Crippen LogP contribution in [0.4, 0.5) is 0 Å². The standard InChI is InChI=1S/C20H15NO/c1-2-7-19(8-3-1)22-20-11-9-16(10-12-20)17-14-18-6-4-5-13-21(18)15-17/h1-15H. The third kappa shape index (κ3) is 2.47. The van der Waals surface area contributed by atoms with Crippen molar-refractivity contribution in [2.75, 3.05) is 0 Å². The van der Waals surface area contributed by atoms with Crippen LogP contribution >= 0.6 is 0 Å². The molecule has 0 aliphatic rings. The molecule has 0 fully saturated rings. The topological polar surface area (TPSA) is 13.6 Å². The predicted octanol–water partition coefficient (Wildman–Crippen LogP) is 5.40. The van der Waals surface area contributed by atoms with Crippen molar-refractivity contribution in [2.45, 2.75) is 0 Å². The molecule has 2 nitrogen and oxygen atoms in total. The molecular formula is C20H15NO. The second kappa shape index (κ2) is 5.41. The van der Waals surface area contributed by atoms with E-state index in [1.165, 1.54) is 16.6 Å². The summed E-state index contributed by atoms with van der Waals surface area (Å²) >= 11 is 0. The molecule has 0 amide bonds. The van der Waals surface area contributed by atoms with Crippen molar-refractivity contribution >= 4 is 5.52 Å². The van der Waals surface area contributed by atoms with E-state index in [9.17, 15) is 0 Å². The fraction of sp³-hybridized carbons (Fsp3) is 0. The smallest absolute Gasteiger partial charge is 0.127 e. The molecule has 22 heavy (non-hydrogen) atoms. The van der Waals surface area contributed by atoms with Crippen molar-refractivity contribution in [2.24, 2.45) is 0 Å². The highest BCUT2D eigenvalue weighted by molar-refractivity contribution is 5.70. The van der Waals surface area contributed by atoms with E-state index >= 15 is 0 Å². The van der Waals surface area contributed by atoms with Crippen LogP contribution in [0.15, 0.2) is 91.3 Å². The summed E-state index contributed by atoms with van der Waals surface area (Å²) in [4.78, 5) is 0. The number of fused-ring (bicyclic) bond motifs is 1. The highest BCUT2D eigenvalue weighted by Gasteiger charge is 2.03. The van der Waals surface area contributed by atoms with Gasteiger partial charge in [0.15, 0.2) is 0 Å². The molecule has 4 aromatic rings. The summed E-state index contributed by atoms with van der Waals surface area (Å²) in [7, 11) is 0. The molecule has 2 heterocycles. The predicted molar refractivity (Wildman–Crippen MR) is 89.3 cm³/mol. The third-order valence-corrected chi connectivity index (χ3v) is 3.67. The second-order valence-electron chi connectivity index (χ2n) is 5.20. The van der Waals surface area contributed by atoms with E-state index in [1.54, 1.807) is 0 Å². The van der Waals surface area contributed by atoms with Crippen molar-refractivity contribution < 1.29 is 4.74 Å². The number of benzene rings is 2. The quantitative estimate of drug-likeness (QED) is 0.491. The highest BCUT2D eigenvalue weighted by Crippen LogP contribution is 2.27. The van der Waals surface area contributed by atoms with Gasteiger partial charge in [-0.1, -0.05) is 36.4 Å². The molecule has 0 atom stereocenters. The lowest BCUT2D eigenvalue weighted by molar-refractivity contribution is 0.483. The Kier molecular flexibility index (Phi) is 3.13. The lowest BCUT2D eigenvalue weighted by Crippen LogP contribution is -1.83. The number of ether oxygens (including phenoxy) is 1. The van der Waals surface area contributed by atoms with Crippen LogP contribution in [-0.2, 0) is 0 Å². The first-order chi connectivity index (χ1) is 10.9. The van der Waals surface area contributed by atoms with Crippen LogP contribution in [0.3, 0.4) is 0 Å². The van der Waals surface area contributed by atoms with Crippen molar-refractivity contribution in [1.82, 2.24) is 4.40 Å². The SMILES string of the molecule is c1ccc(Oc2ccc(-c3cc4ccccn4c3)cc2)cc1. The minimum Gasteiger partial charge on any atom is -0.457 e. The van der Waals surface area contributed by atoms with Crippen LogP contribution in [0.25, 0.3) is 16.6 Å². The zero-order chi connectivity index (χ0) is 14.8. The molecule has 0 aliphatic heterocycles. The Labute approximate surface area is 129 Å². The van der Waals surface area contributed by atoms with Gasteiger partial charge in [-0.15, -0.1) is 0 Å². The first-order valence-electron chi connectivity index (χ1n) is 7.29. The highest BCUT2D eigenvalue weighted by atomic mass is 16.5. The molecule has 0 spiro atoms. The molecule has 0 N–H and O–H groups in total. The van der Waals surface area contributed by atoms with Gasteiger partial charge in [-0.2, -0.15) is 0 Å². The summed E-state index contributed by atoms with van der Waals surface area (Å²) in [5, 5.41) is 0. The Morgan fingerprint density at radius 3 is 2.14 bits per heavy atom. The van der Waals surface area contributed by atoms with Crippen LogP contribution < -0.4 is 4.74 Å². The molecule has 0 unspecified atom stereocenters. The van der Waals surface area contributed by atoms with Gasteiger partial charge in [0, 0.05) is 23.5 Å². The Balaban J connectivity index is 1.61. The number of hydrogen-bond donors (Lipinski definition) is 0. The molecule has 0 saturated carbocycles. The van der Waals surface area contributed by atoms with Gasteiger partial charge in [-0.3, -0.25) is 0 Å². The normalized spacial score (nSPS) is 10.7. The first-order valence-corrected chi connectivity index (χ1v) is 7.29. The fourth-order valence-corrected chi connectivity index (χ4v) is 2.55. The Morgan fingerprint density at radius 1 is 0.636 bits per heavy atom. The summed E-state index contributed by atoms with van der Waals surface area (Å²) in [6.45, 7) is 0. The van der Waals surface area contributed by atoms with Crippen molar-refractivity contribution in [3.8, 4) is 22.6 Å². The van der Waals surface area contributed by atoms with Crippen LogP contribution in [0, 0.1) is 0 Å². The molecule has 0 bridgehead atoms. The Morgan fingerprint density at radius 2 is 1.36 bits per heavy atom. The maximum atomic E-state index is 5.82. The lowest BCUT2D eigenvalue weighted by Gasteiger charge is -2.06. The van der Waals surface area contributed by atoms with Crippen LogP contribution in [0.5, 0.6) is 11.5 Å². The summed E-state index contributed by atoms with van der Waals surface area (Å²) in [5.74, 6) is 1.70. The van der Waals surface area contributed by atoms with E-state index in [-0.39, 0.29) is 0 Å². The summed E-state index contributed by atoms with van der Waals surface area (Å²) in [6.07, 6.45) is 4.20. The van der Waals surface area contributed by atoms with Crippen LogP contribution in [-0.4, -0.2) is 4.40 Å². The molecule has 0 radical (unpaired) electrons. The second-order valence-corrected chi connectivity index (χ2v) is 5.20. The number of pyridine rings is 1. The number of nitrogens with zero attached hydrogens (tertiary/aromatic N) is 1.